The summed E-state index contributed by atoms with van der Waals surface area (Å²) in [4.78, 5) is 29.8. The quantitative estimate of drug-likeness (QED) is 0.658. The summed E-state index contributed by atoms with van der Waals surface area (Å²) in [5.74, 6) is 0.357. The lowest BCUT2D eigenvalue weighted by Crippen LogP contribution is -2.46. The summed E-state index contributed by atoms with van der Waals surface area (Å²) < 4.78 is 20.5. The van der Waals surface area contributed by atoms with Crippen molar-refractivity contribution in [3.05, 3.63) is 65.1 Å². The van der Waals surface area contributed by atoms with Gasteiger partial charge in [-0.1, -0.05) is 6.07 Å². The predicted molar refractivity (Wildman–Crippen MR) is 111 cm³/mol. The van der Waals surface area contributed by atoms with Crippen LogP contribution in [-0.2, 0) is 11.2 Å². The maximum absolute atomic E-state index is 14.5. The van der Waals surface area contributed by atoms with E-state index in [9.17, 15) is 14.0 Å². The fourth-order valence-corrected chi connectivity index (χ4v) is 3.59. The molecule has 1 aromatic heterocycles. The van der Waals surface area contributed by atoms with Gasteiger partial charge in [-0.3, -0.25) is 9.78 Å². The van der Waals surface area contributed by atoms with Gasteiger partial charge in [-0.2, -0.15) is 0 Å². The molecular formula is C23H22FN3O3. The number of pyridine rings is 1. The lowest BCUT2D eigenvalue weighted by molar-refractivity contribution is -0.107. The first-order valence-electron chi connectivity index (χ1n) is 9.86. The summed E-state index contributed by atoms with van der Waals surface area (Å²) in [6.07, 6.45) is 2.30. The standard InChI is InChI=1S/C23H22FN3O3/c1-15-20(5-3-16(7-13-28)22(15)24)30-21-6-8-26-19-4-2-17(14-18(19)21)23(29)27-11-9-25-10-12-27/h2-6,8,13-14,25H,7,9-12H2,1H3. The Morgan fingerprint density at radius 3 is 2.77 bits per heavy atom. The number of nitrogens with zero attached hydrogens (tertiary/aromatic N) is 2. The smallest absolute Gasteiger partial charge is 0.253 e. The molecule has 0 unspecified atom stereocenters. The molecule has 1 saturated heterocycles. The van der Waals surface area contributed by atoms with Crippen LogP contribution in [0.1, 0.15) is 21.5 Å². The van der Waals surface area contributed by atoms with E-state index >= 15 is 0 Å². The van der Waals surface area contributed by atoms with Crippen molar-refractivity contribution in [3.63, 3.8) is 0 Å². The zero-order chi connectivity index (χ0) is 21.1. The van der Waals surface area contributed by atoms with E-state index in [1.807, 2.05) is 4.90 Å². The summed E-state index contributed by atoms with van der Waals surface area (Å²) in [6, 6.07) is 10.2. The van der Waals surface area contributed by atoms with E-state index in [2.05, 4.69) is 10.3 Å². The van der Waals surface area contributed by atoms with Gasteiger partial charge in [0.05, 0.1) is 5.52 Å². The molecule has 0 bridgehead atoms. The van der Waals surface area contributed by atoms with Crippen molar-refractivity contribution in [2.24, 2.45) is 0 Å². The molecule has 2 heterocycles. The molecule has 0 aliphatic carbocycles. The van der Waals surface area contributed by atoms with Crippen molar-refractivity contribution < 1.29 is 18.7 Å². The molecule has 7 heteroatoms. The van der Waals surface area contributed by atoms with E-state index in [0.717, 1.165) is 13.1 Å². The molecule has 6 nitrogen and oxygen atoms in total. The fourth-order valence-electron chi connectivity index (χ4n) is 3.59. The number of hydrogen-bond acceptors (Lipinski definition) is 5. The molecule has 1 aliphatic heterocycles. The number of benzene rings is 2. The summed E-state index contributed by atoms with van der Waals surface area (Å²) in [7, 11) is 0. The summed E-state index contributed by atoms with van der Waals surface area (Å²) in [6.45, 7) is 4.50. The molecule has 0 radical (unpaired) electrons. The van der Waals surface area contributed by atoms with Crippen LogP contribution in [0.2, 0.25) is 0 Å². The number of halogens is 1. The Morgan fingerprint density at radius 1 is 1.20 bits per heavy atom. The van der Waals surface area contributed by atoms with E-state index in [0.29, 0.717) is 58.5 Å². The van der Waals surface area contributed by atoms with Crippen LogP contribution in [0, 0.1) is 12.7 Å². The van der Waals surface area contributed by atoms with Gasteiger partial charge in [-0.15, -0.1) is 0 Å². The molecule has 3 aromatic rings. The Hall–Kier alpha value is -3.32. The van der Waals surface area contributed by atoms with Crippen molar-refractivity contribution in [2.45, 2.75) is 13.3 Å². The number of fused-ring (bicyclic) bond motifs is 1. The Balaban J connectivity index is 1.68. The van der Waals surface area contributed by atoms with E-state index in [1.165, 1.54) is 0 Å². The molecule has 0 spiro atoms. The van der Waals surface area contributed by atoms with Gasteiger partial charge in [-0.05, 0) is 42.8 Å². The van der Waals surface area contributed by atoms with Gasteiger partial charge >= 0.3 is 0 Å². The number of carbonyl (C=O) groups is 2. The average Bonchev–Trinajstić information content (AvgIpc) is 2.79. The number of aldehydes is 1. The molecule has 1 fully saturated rings. The molecule has 0 atom stereocenters. The summed E-state index contributed by atoms with van der Waals surface area (Å²) in [5, 5.41) is 3.91. The zero-order valence-electron chi connectivity index (χ0n) is 16.7. The predicted octanol–water partition coefficient (Wildman–Crippen LogP) is 3.26. The van der Waals surface area contributed by atoms with E-state index < -0.39 is 5.82 Å². The second-order valence-electron chi connectivity index (χ2n) is 7.22. The Morgan fingerprint density at radius 2 is 2.00 bits per heavy atom. The van der Waals surface area contributed by atoms with Crippen molar-refractivity contribution >= 4 is 23.1 Å². The molecule has 1 amide bonds. The first-order valence-corrected chi connectivity index (χ1v) is 9.86. The lowest BCUT2D eigenvalue weighted by atomic mass is 10.1. The van der Waals surface area contributed by atoms with Crippen LogP contribution in [-0.4, -0.2) is 48.3 Å². The molecular weight excluding hydrogens is 385 g/mol. The van der Waals surface area contributed by atoms with Crippen LogP contribution < -0.4 is 10.1 Å². The number of rotatable bonds is 5. The minimum atomic E-state index is -0.451. The number of piperazine rings is 1. The SMILES string of the molecule is Cc1c(Oc2ccnc3ccc(C(=O)N4CCNCC4)cc23)ccc(CC=O)c1F. The monoisotopic (exact) mass is 407 g/mol. The van der Waals surface area contributed by atoms with Gasteiger partial charge in [0.2, 0.25) is 0 Å². The van der Waals surface area contributed by atoms with Gasteiger partial charge in [0, 0.05) is 55.3 Å². The maximum Gasteiger partial charge on any atom is 0.253 e. The first-order chi connectivity index (χ1) is 14.6. The third-order valence-electron chi connectivity index (χ3n) is 5.29. The van der Waals surface area contributed by atoms with Crippen LogP contribution in [0.5, 0.6) is 11.5 Å². The highest BCUT2D eigenvalue weighted by molar-refractivity contribution is 5.99. The largest absolute Gasteiger partial charge is 0.456 e. The van der Waals surface area contributed by atoms with E-state index in [1.54, 1.807) is 49.5 Å². The van der Waals surface area contributed by atoms with Crippen LogP contribution in [0.3, 0.4) is 0 Å². The van der Waals surface area contributed by atoms with Crippen molar-refractivity contribution in [3.8, 4) is 11.5 Å². The highest BCUT2D eigenvalue weighted by Gasteiger charge is 2.19. The molecule has 4 rings (SSSR count). The van der Waals surface area contributed by atoms with Crippen LogP contribution in [0.25, 0.3) is 10.9 Å². The normalized spacial score (nSPS) is 14.0. The first kappa shape index (κ1) is 20.0. The average molecular weight is 407 g/mol. The highest BCUT2D eigenvalue weighted by atomic mass is 19.1. The lowest BCUT2D eigenvalue weighted by Gasteiger charge is -2.27. The van der Waals surface area contributed by atoms with Gasteiger partial charge in [0.1, 0.15) is 23.6 Å². The van der Waals surface area contributed by atoms with E-state index in [-0.39, 0.29) is 12.3 Å². The molecule has 2 aromatic carbocycles. The zero-order valence-corrected chi connectivity index (χ0v) is 16.7. The third kappa shape index (κ3) is 3.89. The number of nitrogens with one attached hydrogen (secondary N) is 1. The Labute approximate surface area is 173 Å². The van der Waals surface area contributed by atoms with Crippen LogP contribution in [0.15, 0.2) is 42.6 Å². The van der Waals surface area contributed by atoms with Crippen LogP contribution in [0.4, 0.5) is 4.39 Å². The number of aromatic nitrogens is 1. The van der Waals surface area contributed by atoms with Crippen molar-refractivity contribution in [1.82, 2.24) is 15.2 Å². The van der Waals surface area contributed by atoms with Gasteiger partial charge in [0.25, 0.3) is 5.91 Å². The second kappa shape index (κ2) is 8.59. The number of amides is 1. The Bertz CT molecular complexity index is 1110. The molecule has 0 saturated carbocycles. The molecule has 1 N–H and O–H groups in total. The maximum atomic E-state index is 14.5. The van der Waals surface area contributed by atoms with Gasteiger partial charge in [0.15, 0.2) is 0 Å². The van der Waals surface area contributed by atoms with Gasteiger partial charge in [-0.25, -0.2) is 4.39 Å². The number of ether oxygens (including phenoxy) is 1. The molecule has 154 valence electrons. The molecule has 1 aliphatic rings. The van der Waals surface area contributed by atoms with Crippen molar-refractivity contribution in [2.75, 3.05) is 26.2 Å². The van der Waals surface area contributed by atoms with E-state index in [4.69, 9.17) is 4.74 Å². The second-order valence-corrected chi connectivity index (χ2v) is 7.22. The topological polar surface area (TPSA) is 71.5 Å². The third-order valence-corrected chi connectivity index (χ3v) is 5.29. The van der Waals surface area contributed by atoms with Gasteiger partial charge < -0.3 is 19.7 Å². The minimum absolute atomic E-state index is 0.0165. The highest BCUT2D eigenvalue weighted by Crippen LogP contribution is 2.33. The Kier molecular flexibility index (Phi) is 5.72. The summed E-state index contributed by atoms with van der Waals surface area (Å²) >= 11 is 0. The minimum Gasteiger partial charge on any atom is -0.456 e. The van der Waals surface area contributed by atoms with Crippen molar-refractivity contribution in [1.29, 1.82) is 0 Å². The molecule has 30 heavy (non-hydrogen) atoms. The fraction of sp³-hybridized carbons (Fsp3) is 0.261. The van der Waals surface area contributed by atoms with Crippen LogP contribution >= 0.6 is 0 Å². The number of carbonyl (C=O) groups excluding carboxylic acids is 2. The summed E-state index contributed by atoms with van der Waals surface area (Å²) in [5.41, 5.74) is 1.90. The number of hydrogen-bond donors (Lipinski definition) is 1.